The predicted molar refractivity (Wildman–Crippen MR) is 83.7 cm³/mol. The highest BCUT2D eigenvalue weighted by atomic mass is 35.5. The lowest BCUT2D eigenvalue weighted by Crippen LogP contribution is -2.02. The zero-order chi connectivity index (χ0) is 14.2. The van der Waals surface area contributed by atoms with Gasteiger partial charge in [0.1, 0.15) is 0 Å². The van der Waals surface area contributed by atoms with Gasteiger partial charge in [0.05, 0.1) is 20.8 Å². The van der Waals surface area contributed by atoms with Crippen molar-refractivity contribution in [3.05, 3.63) is 50.2 Å². The Kier molecular flexibility index (Phi) is 4.34. The van der Waals surface area contributed by atoms with E-state index in [1.54, 1.807) is 12.1 Å². The number of rotatable bonds is 3. The summed E-state index contributed by atoms with van der Waals surface area (Å²) in [6, 6.07) is 5.56. The van der Waals surface area contributed by atoms with Gasteiger partial charge in [0, 0.05) is 25.0 Å². The van der Waals surface area contributed by atoms with Gasteiger partial charge < -0.3 is 9.88 Å². The van der Waals surface area contributed by atoms with Crippen LogP contribution in [0, 0.1) is 13.8 Å². The molecule has 102 valence electrons. The molecule has 2 aromatic rings. The number of halogens is 3. The molecular weight excluding hydrogens is 303 g/mol. The first kappa shape index (κ1) is 14.6. The van der Waals surface area contributed by atoms with E-state index in [0.717, 1.165) is 5.69 Å². The molecule has 2 rings (SSSR count). The molecule has 0 spiro atoms. The first-order valence-electron chi connectivity index (χ1n) is 5.90. The van der Waals surface area contributed by atoms with Crippen molar-refractivity contribution < 1.29 is 0 Å². The Morgan fingerprint density at radius 2 is 1.63 bits per heavy atom. The molecule has 0 fully saturated rings. The molecule has 5 heteroatoms. The van der Waals surface area contributed by atoms with Crippen LogP contribution < -0.4 is 5.32 Å². The Labute approximate surface area is 128 Å². The van der Waals surface area contributed by atoms with E-state index < -0.39 is 0 Å². The highest BCUT2D eigenvalue weighted by Crippen LogP contribution is 2.32. The van der Waals surface area contributed by atoms with E-state index in [1.807, 2.05) is 0 Å². The summed E-state index contributed by atoms with van der Waals surface area (Å²) in [5.74, 6) is 0. The van der Waals surface area contributed by atoms with Crippen molar-refractivity contribution in [2.24, 2.45) is 7.05 Å². The smallest absolute Gasteiger partial charge is 0.0653 e. The molecule has 2 nitrogen and oxygen atoms in total. The van der Waals surface area contributed by atoms with Crippen LogP contribution in [0.2, 0.25) is 15.1 Å². The van der Waals surface area contributed by atoms with Gasteiger partial charge in [-0.3, -0.25) is 0 Å². The maximum absolute atomic E-state index is 6.13. The largest absolute Gasteiger partial charge is 0.380 e. The second-order valence-corrected chi connectivity index (χ2v) is 5.78. The summed E-state index contributed by atoms with van der Waals surface area (Å²) in [5, 5.41) is 4.82. The van der Waals surface area contributed by atoms with Gasteiger partial charge >= 0.3 is 0 Å². The molecule has 0 amide bonds. The molecule has 0 bridgehead atoms. The van der Waals surface area contributed by atoms with Gasteiger partial charge in [-0.2, -0.15) is 0 Å². The molecule has 0 radical (unpaired) electrons. The average Bonchev–Trinajstić information content (AvgIpc) is 2.60. The molecule has 1 aromatic carbocycles. The summed E-state index contributed by atoms with van der Waals surface area (Å²) in [6.45, 7) is 4.88. The molecule has 0 aliphatic heterocycles. The highest BCUT2D eigenvalue weighted by Gasteiger charge is 2.09. The Morgan fingerprint density at radius 3 is 2.21 bits per heavy atom. The molecule has 0 atom stereocenters. The van der Waals surface area contributed by atoms with Crippen LogP contribution in [-0.4, -0.2) is 4.57 Å². The van der Waals surface area contributed by atoms with Gasteiger partial charge in [-0.15, -0.1) is 0 Å². The van der Waals surface area contributed by atoms with Gasteiger partial charge in [0.15, 0.2) is 0 Å². The normalized spacial score (nSPS) is 10.8. The number of nitrogens with zero attached hydrogens (tertiary/aromatic N) is 1. The van der Waals surface area contributed by atoms with Gasteiger partial charge in [-0.05, 0) is 37.6 Å². The lowest BCUT2D eigenvalue weighted by Gasteiger charge is -2.10. The number of aromatic nitrogens is 1. The monoisotopic (exact) mass is 316 g/mol. The van der Waals surface area contributed by atoms with Gasteiger partial charge in [0.2, 0.25) is 0 Å². The lowest BCUT2D eigenvalue weighted by molar-refractivity contribution is 0.837. The van der Waals surface area contributed by atoms with E-state index in [2.05, 4.69) is 36.8 Å². The van der Waals surface area contributed by atoms with E-state index >= 15 is 0 Å². The van der Waals surface area contributed by atoms with Crippen molar-refractivity contribution in [3.63, 3.8) is 0 Å². The van der Waals surface area contributed by atoms with Crippen LogP contribution in [0.3, 0.4) is 0 Å². The lowest BCUT2D eigenvalue weighted by atomic mass is 10.2. The molecule has 0 unspecified atom stereocenters. The molecule has 19 heavy (non-hydrogen) atoms. The number of hydrogen-bond donors (Lipinski definition) is 1. The minimum atomic E-state index is 0.462. The number of nitrogens with one attached hydrogen (secondary N) is 1. The van der Waals surface area contributed by atoms with Crippen LogP contribution in [0.1, 0.15) is 17.0 Å². The number of anilines is 1. The zero-order valence-corrected chi connectivity index (χ0v) is 13.3. The van der Waals surface area contributed by atoms with Crippen LogP contribution in [0.15, 0.2) is 18.2 Å². The minimum absolute atomic E-state index is 0.462. The average molecular weight is 318 g/mol. The standard InChI is InChI=1S/C14H15Cl3N2/c1-8-4-10(9(2)19(8)3)7-18-14-6-12(16)11(15)5-13(14)17/h4-6,18H,7H2,1-3H3. The molecule has 1 heterocycles. The summed E-state index contributed by atoms with van der Waals surface area (Å²) < 4.78 is 2.16. The molecule has 0 aliphatic carbocycles. The molecular formula is C14H15Cl3N2. The second-order valence-electron chi connectivity index (χ2n) is 4.56. The van der Waals surface area contributed by atoms with Crippen molar-refractivity contribution in [3.8, 4) is 0 Å². The first-order valence-corrected chi connectivity index (χ1v) is 7.03. The maximum atomic E-state index is 6.13. The number of benzene rings is 1. The van der Waals surface area contributed by atoms with E-state index in [1.165, 1.54) is 17.0 Å². The fourth-order valence-corrected chi connectivity index (χ4v) is 2.57. The summed E-state index contributed by atoms with van der Waals surface area (Å²) in [5.41, 5.74) is 4.50. The van der Waals surface area contributed by atoms with Crippen molar-refractivity contribution in [2.45, 2.75) is 20.4 Å². The third-order valence-corrected chi connectivity index (χ3v) is 4.39. The minimum Gasteiger partial charge on any atom is -0.380 e. The van der Waals surface area contributed by atoms with Crippen LogP contribution in [0.5, 0.6) is 0 Å². The molecule has 1 N–H and O–H groups in total. The van der Waals surface area contributed by atoms with Gasteiger partial charge in [-0.25, -0.2) is 0 Å². The third kappa shape index (κ3) is 3.02. The number of hydrogen-bond acceptors (Lipinski definition) is 1. The highest BCUT2D eigenvalue weighted by molar-refractivity contribution is 6.44. The quantitative estimate of drug-likeness (QED) is 0.768. The maximum Gasteiger partial charge on any atom is 0.0653 e. The van der Waals surface area contributed by atoms with Gasteiger partial charge in [-0.1, -0.05) is 34.8 Å². The van der Waals surface area contributed by atoms with Crippen LogP contribution in [0.4, 0.5) is 5.69 Å². The zero-order valence-electron chi connectivity index (χ0n) is 11.0. The fraction of sp³-hybridized carbons (Fsp3) is 0.286. The van der Waals surface area contributed by atoms with Gasteiger partial charge in [0.25, 0.3) is 0 Å². The summed E-state index contributed by atoms with van der Waals surface area (Å²) in [7, 11) is 2.06. The van der Waals surface area contributed by atoms with Crippen molar-refractivity contribution in [1.29, 1.82) is 0 Å². The summed E-state index contributed by atoms with van der Waals surface area (Å²) in [4.78, 5) is 0. The fourth-order valence-electron chi connectivity index (χ4n) is 1.96. The second kappa shape index (κ2) is 5.66. The van der Waals surface area contributed by atoms with E-state index in [4.69, 9.17) is 34.8 Å². The van der Waals surface area contributed by atoms with E-state index in [9.17, 15) is 0 Å². The summed E-state index contributed by atoms with van der Waals surface area (Å²) in [6.07, 6.45) is 0. The van der Waals surface area contributed by atoms with Crippen LogP contribution >= 0.6 is 34.8 Å². The molecule has 0 saturated carbocycles. The Hall–Kier alpha value is -0.830. The van der Waals surface area contributed by atoms with E-state index in [-0.39, 0.29) is 0 Å². The topological polar surface area (TPSA) is 17.0 Å². The SMILES string of the molecule is Cc1cc(CNc2cc(Cl)c(Cl)cc2Cl)c(C)n1C. The van der Waals surface area contributed by atoms with Crippen LogP contribution in [0.25, 0.3) is 0 Å². The summed E-state index contributed by atoms with van der Waals surface area (Å²) >= 11 is 18.0. The van der Waals surface area contributed by atoms with Crippen LogP contribution in [-0.2, 0) is 13.6 Å². The Morgan fingerprint density at radius 1 is 1.00 bits per heavy atom. The first-order chi connectivity index (χ1) is 8.90. The van der Waals surface area contributed by atoms with E-state index in [0.29, 0.717) is 21.6 Å². The molecule has 1 aromatic heterocycles. The Bertz CT molecular complexity index is 618. The van der Waals surface area contributed by atoms with Crippen molar-refractivity contribution >= 4 is 40.5 Å². The van der Waals surface area contributed by atoms with Crippen molar-refractivity contribution in [2.75, 3.05) is 5.32 Å². The molecule has 0 aliphatic rings. The predicted octanol–water partition coefficient (Wildman–Crippen LogP) is 5.21. The van der Waals surface area contributed by atoms with Crippen molar-refractivity contribution in [1.82, 2.24) is 4.57 Å². The third-order valence-electron chi connectivity index (χ3n) is 3.36. The molecule has 0 saturated heterocycles. The number of aryl methyl sites for hydroxylation is 1. The Balaban J connectivity index is 2.19.